The van der Waals surface area contributed by atoms with Crippen LogP contribution in [0.5, 0.6) is 11.5 Å². The molecule has 0 aliphatic rings. The Morgan fingerprint density at radius 1 is 0.882 bits per heavy atom. The quantitative estimate of drug-likeness (QED) is 0.387. The lowest BCUT2D eigenvalue weighted by Gasteiger charge is -2.12. The minimum atomic E-state index is -3.52. The molecule has 0 saturated heterocycles. The first kappa shape index (κ1) is 23.9. The maximum Gasteiger partial charge on any atom is 0.178 e. The summed E-state index contributed by atoms with van der Waals surface area (Å²) in [7, 11) is -6.97. The summed E-state index contributed by atoms with van der Waals surface area (Å²) in [4.78, 5) is 4.59. The molecule has 1 N–H and O–H groups in total. The molecular weight excluding hydrogens is 474 g/mol. The highest BCUT2D eigenvalue weighted by atomic mass is 32.2. The van der Waals surface area contributed by atoms with Gasteiger partial charge in [0.1, 0.15) is 11.5 Å². The van der Waals surface area contributed by atoms with Crippen molar-refractivity contribution in [3.63, 3.8) is 0 Å². The Labute approximate surface area is 198 Å². The fourth-order valence-corrected chi connectivity index (χ4v) is 5.83. The van der Waals surface area contributed by atoms with Gasteiger partial charge in [-0.2, -0.15) is 0 Å². The van der Waals surface area contributed by atoms with Crippen LogP contribution in [0.2, 0.25) is 0 Å². The molecule has 0 bridgehead atoms. The minimum Gasteiger partial charge on any atom is -0.457 e. The van der Waals surface area contributed by atoms with Gasteiger partial charge in [-0.15, -0.1) is 0 Å². The van der Waals surface area contributed by atoms with Gasteiger partial charge in [-0.05, 0) is 60.0 Å². The molecule has 4 aromatic rings. The molecule has 0 aliphatic carbocycles. The zero-order valence-corrected chi connectivity index (χ0v) is 20.0. The first-order valence-corrected chi connectivity index (χ1v) is 14.0. The molecule has 0 atom stereocenters. The number of sulfone groups is 2. The van der Waals surface area contributed by atoms with Crippen LogP contribution >= 0.6 is 0 Å². The number of hydrogen-bond donors (Lipinski definition) is 1. The van der Waals surface area contributed by atoms with E-state index in [1.165, 1.54) is 18.2 Å². The summed E-state index contributed by atoms with van der Waals surface area (Å²) in [6.45, 7) is -0.197. The summed E-state index contributed by atoms with van der Waals surface area (Å²) in [5.41, 5.74) is 1.98. The van der Waals surface area contributed by atoms with Crippen molar-refractivity contribution in [2.45, 2.75) is 16.2 Å². The molecule has 0 spiro atoms. The highest BCUT2D eigenvalue weighted by molar-refractivity contribution is 7.91. The van der Waals surface area contributed by atoms with Crippen molar-refractivity contribution in [1.29, 1.82) is 0 Å². The second-order valence-electron chi connectivity index (χ2n) is 7.78. The fourth-order valence-electron chi connectivity index (χ4n) is 3.67. The lowest BCUT2D eigenvalue weighted by molar-refractivity contribution is 0.295. The Bertz CT molecular complexity index is 1560. The molecule has 34 heavy (non-hydrogen) atoms. The Kier molecular flexibility index (Phi) is 6.70. The Balaban J connectivity index is 1.70. The highest BCUT2D eigenvalue weighted by Crippen LogP contribution is 2.33. The highest BCUT2D eigenvalue weighted by Gasteiger charge is 2.16. The van der Waals surface area contributed by atoms with Gasteiger partial charge in [0.05, 0.1) is 21.1 Å². The molecule has 4 rings (SSSR count). The third-order valence-electron chi connectivity index (χ3n) is 5.25. The lowest BCUT2D eigenvalue weighted by atomic mass is 10.0. The topological polar surface area (TPSA) is 111 Å². The third kappa shape index (κ3) is 5.11. The van der Waals surface area contributed by atoms with E-state index in [1.807, 2.05) is 18.2 Å². The van der Waals surface area contributed by atoms with Gasteiger partial charge in [0.25, 0.3) is 0 Å². The minimum absolute atomic E-state index is 0.128. The predicted octanol–water partition coefficient (Wildman–Crippen LogP) is 4.25. The van der Waals surface area contributed by atoms with Crippen molar-refractivity contribution < 1.29 is 26.7 Å². The zero-order chi connectivity index (χ0) is 24.3. The van der Waals surface area contributed by atoms with E-state index < -0.39 is 19.7 Å². The van der Waals surface area contributed by atoms with Crippen LogP contribution in [0, 0.1) is 0 Å². The number of rotatable bonds is 8. The van der Waals surface area contributed by atoms with Crippen molar-refractivity contribution in [3.05, 3.63) is 79.0 Å². The van der Waals surface area contributed by atoms with Crippen LogP contribution in [-0.4, -0.2) is 45.5 Å². The molecule has 1 aromatic heterocycles. The maximum absolute atomic E-state index is 12.4. The van der Waals surface area contributed by atoms with E-state index >= 15 is 0 Å². The van der Waals surface area contributed by atoms with Crippen molar-refractivity contribution >= 4 is 30.6 Å². The largest absolute Gasteiger partial charge is 0.457 e. The van der Waals surface area contributed by atoms with Crippen molar-refractivity contribution in [2.75, 3.05) is 18.6 Å². The Morgan fingerprint density at radius 2 is 1.59 bits per heavy atom. The molecule has 0 saturated carbocycles. The van der Waals surface area contributed by atoms with Crippen LogP contribution in [0.25, 0.3) is 22.0 Å². The predicted molar refractivity (Wildman–Crippen MR) is 131 cm³/mol. The molecule has 7 nitrogen and oxygen atoms in total. The number of benzene rings is 3. The standard InChI is InChI=1S/C25H23NO6S2/c1-33(28,29)24-11-4-10-23-22(12-13-26-25(23)24)18-6-2-7-19(16-18)32-20-8-3-9-21(17-20)34(30,31)15-5-14-27/h2-4,6-13,16-17,27H,5,14-15H2,1H3. The molecule has 9 heteroatoms. The van der Waals surface area contributed by atoms with E-state index in [9.17, 15) is 16.8 Å². The number of nitrogens with zero attached hydrogens (tertiary/aromatic N) is 1. The van der Waals surface area contributed by atoms with Crippen LogP contribution in [0.3, 0.4) is 0 Å². The van der Waals surface area contributed by atoms with Crippen LogP contribution in [0.15, 0.2) is 88.8 Å². The number of pyridine rings is 1. The lowest BCUT2D eigenvalue weighted by Crippen LogP contribution is -2.08. The summed E-state index contributed by atoms with van der Waals surface area (Å²) in [5, 5.41) is 9.64. The summed E-state index contributed by atoms with van der Waals surface area (Å²) < 4.78 is 55.2. The van der Waals surface area contributed by atoms with Crippen molar-refractivity contribution in [2.24, 2.45) is 0 Å². The molecule has 0 fully saturated rings. The first-order chi connectivity index (χ1) is 16.2. The molecule has 176 valence electrons. The number of hydrogen-bond acceptors (Lipinski definition) is 7. The molecular formula is C25H23NO6S2. The average molecular weight is 498 g/mol. The number of para-hydroxylation sites is 1. The van der Waals surface area contributed by atoms with E-state index in [1.54, 1.807) is 42.6 Å². The fraction of sp³-hybridized carbons (Fsp3) is 0.160. The van der Waals surface area contributed by atoms with E-state index in [4.69, 9.17) is 9.84 Å². The number of fused-ring (bicyclic) bond motifs is 1. The van der Waals surface area contributed by atoms with Crippen LogP contribution in [-0.2, 0) is 19.7 Å². The molecule has 0 radical (unpaired) electrons. The van der Waals surface area contributed by atoms with Gasteiger partial charge in [0.15, 0.2) is 19.7 Å². The molecule has 1 heterocycles. The summed E-state index contributed by atoms with van der Waals surface area (Å²) in [5.74, 6) is 0.709. The maximum atomic E-state index is 12.4. The average Bonchev–Trinajstić information content (AvgIpc) is 2.82. The second kappa shape index (κ2) is 9.54. The number of aliphatic hydroxyl groups excluding tert-OH is 1. The van der Waals surface area contributed by atoms with Gasteiger partial charge in [-0.25, -0.2) is 16.8 Å². The zero-order valence-electron chi connectivity index (χ0n) is 18.4. The van der Waals surface area contributed by atoms with Gasteiger partial charge < -0.3 is 9.84 Å². The van der Waals surface area contributed by atoms with Gasteiger partial charge in [0, 0.05) is 24.4 Å². The SMILES string of the molecule is CS(=O)(=O)c1cccc2c(-c3cccc(Oc4cccc(S(=O)(=O)CCCO)c4)c3)ccnc12. The smallest absolute Gasteiger partial charge is 0.178 e. The Hall–Kier alpha value is -3.27. The van der Waals surface area contributed by atoms with Crippen molar-refractivity contribution in [1.82, 2.24) is 4.98 Å². The second-order valence-corrected chi connectivity index (χ2v) is 11.9. The molecule has 0 unspecified atom stereocenters. The van der Waals surface area contributed by atoms with E-state index in [-0.39, 0.29) is 28.6 Å². The normalized spacial score (nSPS) is 12.1. The number of aliphatic hydroxyl groups is 1. The van der Waals surface area contributed by atoms with E-state index in [0.717, 1.165) is 17.4 Å². The molecule has 0 amide bonds. The van der Waals surface area contributed by atoms with Crippen molar-refractivity contribution in [3.8, 4) is 22.6 Å². The molecule has 0 aliphatic heterocycles. The number of ether oxygens (including phenoxy) is 1. The van der Waals surface area contributed by atoms with Gasteiger partial charge in [-0.3, -0.25) is 4.98 Å². The van der Waals surface area contributed by atoms with Crippen LogP contribution < -0.4 is 4.74 Å². The Morgan fingerprint density at radius 3 is 2.32 bits per heavy atom. The van der Waals surface area contributed by atoms with Crippen LogP contribution in [0.4, 0.5) is 0 Å². The van der Waals surface area contributed by atoms with Gasteiger partial charge in [0.2, 0.25) is 0 Å². The number of aromatic nitrogens is 1. The molecule has 3 aromatic carbocycles. The summed E-state index contributed by atoms with van der Waals surface area (Å²) >= 11 is 0. The van der Waals surface area contributed by atoms with Gasteiger partial charge >= 0.3 is 0 Å². The van der Waals surface area contributed by atoms with Crippen LogP contribution in [0.1, 0.15) is 6.42 Å². The van der Waals surface area contributed by atoms with E-state index in [2.05, 4.69) is 4.98 Å². The third-order valence-corrected chi connectivity index (χ3v) is 8.18. The summed E-state index contributed by atoms with van der Waals surface area (Å²) in [6.07, 6.45) is 2.89. The van der Waals surface area contributed by atoms with E-state index in [0.29, 0.717) is 22.4 Å². The first-order valence-electron chi connectivity index (χ1n) is 10.5. The summed E-state index contributed by atoms with van der Waals surface area (Å²) in [6, 6.07) is 20.3. The van der Waals surface area contributed by atoms with Gasteiger partial charge in [-0.1, -0.05) is 30.3 Å². The monoisotopic (exact) mass is 497 g/mol.